The zero-order valence-corrected chi connectivity index (χ0v) is 10.0. The van der Waals surface area contributed by atoms with Crippen molar-refractivity contribution >= 4 is 11.9 Å². The lowest BCUT2D eigenvalue weighted by Gasteiger charge is -2.29. The van der Waals surface area contributed by atoms with Gasteiger partial charge in [-0.15, -0.1) is 0 Å². The monoisotopic (exact) mass is 228 g/mol. The lowest BCUT2D eigenvalue weighted by Crippen LogP contribution is -2.32. The van der Waals surface area contributed by atoms with Gasteiger partial charge >= 0.3 is 11.9 Å². The predicted octanol–water partition coefficient (Wildman–Crippen LogP) is 2.06. The van der Waals surface area contributed by atoms with E-state index >= 15 is 0 Å². The first-order valence-corrected chi connectivity index (χ1v) is 5.90. The van der Waals surface area contributed by atoms with E-state index in [0.717, 1.165) is 12.8 Å². The molecule has 1 atom stereocenters. The highest BCUT2D eigenvalue weighted by molar-refractivity contribution is 5.67. The van der Waals surface area contributed by atoms with Gasteiger partial charge in [-0.1, -0.05) is 19.3 Å². The highest BCUT2D eigenvalue weighted by atomic mass is 16.6. The van der Waals surface area contributed by atoms with Crippen molar-refractivity contribution < 1.29 is 19.1 Å². The molecule has 0 aromatic heterocycles. The van der Waals surface area contributed by atoms with Crippen molar-refractivity contribution in [3.05, 3.63) is 0 Å². The van der Waals surface area contributed by atoms with Gasteiger partial charge in [-0.25, -0.2) is 0 Å². The Bertz CT molecular complexity index is 243. The molecule has 1 unspecified atom stereocenters. The molecule has 16 heavy (non-hydrogen) atoms. The Morgan fingerprint density at radius 2 is 1.75 bits per heavy atom. The van der Waals surface area contributed by atoms with Crippen LogP contribution in [0.2, 0.25) is 0 Å². The molecule has 0 bridgehead atoms. The van der Waals surface area contributed by atoms with Gasteiger partial charge in [0.2, 0.25) is 0 Å². The van der Waals surface area contributed by atoms with Crippen molar-refractivity contribution in [3.8, 4) is 0 Å². The Hall–Kier alpha value is -1.06. The van der Waals surface area contributed by atoms with Gasteiger partial charge in [-0.3, -0.25) is 9.59 Å². The zero-order chi connectivity index (χ0) is 12.0. The summed E-state index contributed by atoms with van der Waals surface area (Å²) in [6.07, 6.45) is 5.43. The van der Waals surface area contributed by atoms with E-state index in [2.05, 4.69) is 0 Å². The van der Waals surface area contributed by atoms with Crippen LogP contribution in [0.1, 0.15) is 46.0 Å². The number of hydrogen-bond acceptors (Lipinski definition) is 4. The molecule has 0 aromatic carbocycles. The second-order valence-electron chi connectivity index (χ2n) is 4.35. The third-order valence-corrected chi connectivity index (χ3v) is 2.94. The van der Waals surface area contributed by atoms with E-state index in [-0.39, 0.29) is 24.6 Å². The van der Waals surface area contributed by atoms with Crippen LogP contribution in [0.25, 0.3) is 0 Å². The summed E-state index contributed by atoms with van der Waals surface area (Å²) in [5, 5.41) is 0. The van der Waals surface area contributed by atoms with Gasteiger partial charge in [0.05, 0.1) is 0 Å². The van der Waals surface area contributed by atoms with Crippen molar-refractivity contribution in [1.82, 2.24) is 0 Å². The standard InChI is InChI=1S/C12H20O4/c1-9(13)15-8-12(16-10(2)14)11-6-4-3-5-7-11/h11-12H,3-8H2,1-2H3. The molecule has 1 saturated carbocycles. The maximum atomic E-state index is 11.0. The highest BCUT2D eigenvalue weighted by Crippen LogP contribution is 2.28. The fraction of sp³-hybridized carbons (Fsp3) is 0.833. The smallest absolute Gasteiger partial charge is 0.303 e. The maximum Gasteiger partial charge on any atom is 0.303 e. The molecule has 1 fully saturated rings. The van der Waals surface area contributed by atoms with Crippen molar-refractivity contribution in [1.29, 1.82) is 0 Å². The Morgan fingerprint density at radius 1 is 1.12 bits per heavy atom. The molecule has 0 amide bonds. The van der Waals surface area contributed by atoms with Crippen molar-refractivity contribution in [3.63, 3.8) is 0 Å². The average Bonchev–Trinajstić information content (AvgIpc) is 2.25. The molecule has 0 N–H and O–H groups in total. The number of rotatable bonds is 4. The number of esters is 2. The molecule has 1 aliphatic carbocycles. The van der Waals surface area contributed by atoms with Gasteiger partial charge in [-0.05, 0) is 18.8 Å². The van der Waals surface area contributed by atoms with Crippen LogP contribution in [0.15, 0.2) is 0 Å². The number of carbonyl (C=O) groups is 2. The van der Waals surface area contributed by atoms with Gasteiger partial charge in [0.25, 0.3) is 0 Å². The third-order valence-electron chi connectivity index (χ3n) is 2.94. The Balaban J connectivity index is 2.47. The van der Waals surface area contributed by atoms with Gasteiger partial charge in [0, 0.05) is 13.8 Å². The van der Waals surface area contributed by atoms with E-state index in [0.29, 0.717) is 5.92 Å². The normalized spacial score (nSPS) is 18.9. The van der Waals surface area contributed by atoms with Crippen LogP contribution in [0.3, 0.4) is 0 Å². The van der Waals surface area contributed by atoms with Crippen LogP contribution in [-0.2, 0) is 19.1 Å². The number of carbonyl (C=O) groups excluding carboxylic acids is 2. The highest BCUT2D eigenvalue weighted by Gasteiger charge is 2.26. The van der Waals surface area contributed by atoms with Crippen LogP contribution in [0.5, 0.6) is 0 Å². The zero-order valence-electron chi connectivity index (χ0n) is 10.0. The Morgan fingerprint density at radius 3 is 2.25 bits per heavy atom. The van der Waals surface area contributed by atoms with Crippen molar-refractivity contribution in [2.45, 2.75) is 52.1 Å². The second-order valence-corrected chi connectivity index (χ2v) is 4.35. The molecular weight excluding hydrogens is 208 g/mol. The van der Waals surface area contributed by atoms with E-state index in [1.807, 2.05) is 0 Å². The molecule has 4 nitrogen and oxygen atoms in total. The molecule has 0 saturated heterocycles. The van der Waals surface area contributed by atoms with E-state index < -0.39 is 0 Å². The van der Waals surface area contributed by atoms with Crippen LogP contribution in [0, 0.1) is 5.92 Å². The minimum absolute atomic E-state index is 0.194. The largest absolute Gasteiger partial charge is 0.462 e. The SMILES string of the molecule is CC(=O)OCC(OC(C)=O)C1CCCCC1. The van der Waals surface area contributed by atoms with E-state index in [4.69, 9.17) is 9.47 Å². The summed E-state index contributed by atoms with van der Waals surface area (Å²) < 4.78 is 10.2. The summed E-state index contributed by atoms with van der Waals surface area (Å²) in [5.74, 6) is -0.285. The van der Waals surface area contributed by atoms with Gasteiger partial charge in [0.15, 0.2) is 0 Å². The summed E-state index contributed by atoms with van der Waals surface area (Å²) in [4.78, 5) is 21.7. The Kier molecular flexibility index (Phi) is 5.29. The first-order valence-electron chi connectivity index (χ1n) is 5.90. The molecule has 0 heterocycles. The topological polar surface area (TPSA) is 52.6 Å². The van der Waals surface area contributed by atoms with Crippen LogP contribution >= 0.6 is 0 Å². The minimum Gasteiger partial charge on any atom is -0.462 e. The predicted molar refractivity (Wildman–Crippen MR) is 58.8 cm³/mol. The molecule has 0 spiro atoms. The quantitative estimate of drug-likeness (QED) is 0.691. The van der Waals surface area contributed by atoms with Gasteiger partial charge < -0.3 is 9.47 Å². The summed E-state index contributed by atoms with van der Waals surface area (Å²) in [7, 11) is 0. The first kappa shape index (κ1) is 13.0. The average molecular weight is 228 g/mol. The minimum atomic E-state index is -0.326. The maximum absolute atomic E-state index is 11.0. The first-order chi connectivity index (χ1) is 7.59. The fourth-order valence-electron chi connectivity index (χ4n) is 2.18. The second kappa shape index (κ2) is 6.51. The molecule has 1 rings (SSSR count). The molecule has 1 aliphatic rings. The number of ether oxygens (including phenoxy) is 2. The lowest BCUT2D eigenvalue weighted by atomic mass is 9.85. The number of hydrogen-bond donors (Lipinski definition) is 0. The van der Waals surface area contributed by atoms with Crippen LogP contribution < -0.4 is 0 Å². The van der Waals surface area contributed by atoms with Gasteiger partial charge in [0.1, 0.15) is 12.7 Å². The molecule has 92 valence electrons. The lowest BCUT2D eigenvalue weighted by molar-refractivity contribution is -0.160. The summed E-state index contributed by atoms with van der Waals surface area (Å²) >= 11 is 0. The van der Waals surface area contributed by atoms with Crippen molar-refractivity contribution in [2.75, 3.05) is 6.61 Å². The van der Waals surface area contributed by atoms with E-state index in [9.17, 15) is 9.59 Å². The van der Waals surface area contributed by atoms with E-state index in [1.165, 1.54) is 33.1 Å². The fourth-order valence-corrected chi connectivity index (χ4v) is 2.18. The van der Waals surface area contributed by atoms with Crippen LogP contribution in [-0.4, -0.2) is 24.6 Å². The molecule has 4 heteroatoms. The molecule has 0 aliphatic heterocycles. The van der Waals surface area contributed by atoms with Crippen LogP contribution in [0.4, 0.5) is 0 Å². The third kappa shape index (κ3) is 4.64. The van der Waals surface area contributed by atoms with Crippen molar-refractivity contribution in [2.24, 2.45) is 5.92 Å². The molecular formula is C12H20O4. The van der Waals surface area contributed by atoms with E-state index in [1.54, 1.807) is 0 Å². The van der Waals surface area contributed by atoms with Gasteiger partial charge in [-0.2, -0.15) is 0 Å². The molecule has 0 radical (unpaired) electrons. The summed E-state index contributed by atoms with van der Waals surface area (Å²) in [6, 6.07) is 0. The summed E-state index contributed by atoms with van der Waals surface area (Å²) in [6.45, 7) is 2.95. The summed E-state index contributed by atoms with van der Waals surface area (Å²) in [5.41, 5.74) is 0. The molecule has 0 aromatic rings. The Labute approximate surface area is 96.3 Å².